The molecule has 138 valence electrons. The van der Waals surface area contributed by atoms with Crippen LogP contribution in [0.5, 0.6) is 0 Å². The van der Waals surface area contributed by atoms with E-state index in [2.05, 4.69) is 20.3 Å². The number of pyridine rings is 1. The molecule has 2 aromatic carbocycles. The second-order valence-electron chi connectivity index (χ2n) is 6.51. The minimum atomic E-state index is -0.353. The quantitative estimate of drug-likeness (QED) is 0.566. The predicted octanol–water partition coefficient (Wildman–Crippen LogP) is 4.70. The Hall–Kier alpha value is -3.67. The molecule has 0 aliphatic rings. The summed E-state index contributed by atoms with van der Waals surface area (Å²) in [6.45, 7) is 3.64. The van der Waals surface area contributed by atoms with Crippen molar-refractivity contribution in [3.8, 4) is 11.4 Å². The van der Waals surface area contributed by atoms with E-state index < -0.39 is 0 Å². The summed E-state index contributed by atoms with van der Waals surface area (Å²) >= 11 is 0. The monoisotopic (exact) mass is 372 g/mol. The van der Waals surface area contributed by atoms with Gasteiger partial charge in [0.25, 0.3) is 5.91 Å². The van der Waals surface area contributed by atoms with Crippen LogP contribution in [0.1, 0.15) is 21.7 Å². The third-order valence-electron chi connectivity index (χ3n) is 4.41. The Balaban J connectivity index is 1.57. The molecule has 5 nitrogen and oxygen atoms in total. The van der Waals surface area contributed by atoms with Crippen LogP contribution in [0.3, 0.4) is 0 Å². The Bertz CT molecular complexity index is 1190. The lowest BCUT2D eigenvalue weighted by atomic mass is 10.1. The number of hydrogen-bond donors (Lipinski definition) is 1. The van der Waals surface area contributed by atoms with E-state index in [0.29, 0.717) is 33.7 Å². The van der Waals surface area contributed by atoms with Crippen LogP contribution in [0.25, 0.3) is 22.3 Å². The summed E-state index contributed by atoms with van der Waals surface area (Å²) in [6, 6.07) is 15.2. The van der Waals surface area contributed by atoms with E-state index in [-0.39, 0.29) is 11.7 Å². The predicted molar refractivity (Wildman–Crippen MR) is 107 cm³/mol. The van der Waals surface area contributed by atoms with Crippen LogP contribution < -0.4 is 5.32 Å². The molecule has 0 unspecified atom stereocenters. The lowest BCUT2D eigenvalue weighted by Crippen LogP contribution is -2.14. The van der Waals surface area contributed by atoms with Crippen molar-refractivity contribution in [2.75, 3.05) is 5.32 Å². The zero-order valence-electron chi connectivity index (χ0n) is 15.4. The molecule has 1 amide bonds. The van der Waals surface area contributed by atoms with Gasteiger partial charge in [-0.1, -0.05) is 0 Å². The van der Waals surface area contributed by atoms with E-state index in [9.17, 15) is 9.18 Å². The van der Waals surface area contributed by atoms with Crippen LogP contribution >= 0.6 is 0 Å². The molecule has 0 aliphatic heterocycles. The smallest absolute Gasteiger partial charge is 0.257 e. The van der Waals surface area contributed by atoms with E-state index in [1.807, 2.05) is 25.1 Å². The highest BCUT2D eigenvalue weighted by molar-refractivity contribution is 6.06. The number of aryl methyl sites for hydroxylation is 2. The van der Waals surface area contributed by atoms with Crippen molar-refractivity contribution < 1.29 is 9.18 Å². The van der Waals surface area contributed by atoms with Gasteiger partial charge in [-0.3, -0.25) is 9.78 Å². The first kappa shape index (κ1) is 17.7. The summed E-state index contributed by atoms with van der Waals surface area (Å²) in [5.74, 6) is 0.0183. The topological polar surface area (TPSA) is 67.8 Å². The summed E-state index contributed by atoms with van der Waals surface area (Å²) in [6.07, 6.45) is 1.72. The first-order valence-electron chi connectivity index (χ1n) is 8.78. The van der Waals surface area contributed by atoms with Gasteiger partial charge in [0.1, 0.15) is 5.82 Å². The second kappa shape index (κ2) is 7.15. The number of aromatic nitrogens is 3. The van der Waals surface area contributed by atoms with Gasteiger partial charge >= 0.3 is 0 Å². The van der Waals surface area contributed by atoms with Gasteiger partial charge in [0.2, 0.25) is 0 Å². The number of carbonyl (C=O) groups is 1. The molecule has 0 bridgehead atoms. The summed E-state index contributed by atoms with van der Waals surface area (Å²) in [7, 11) is 0. The van der Waals surface area contributed by atoms with Gasteiger partial charge in [-0.2, -0.15) is 0 Å². The lowest BCUT2D eigenvalue weighted by Gasteiger charge is -2.09. The molecule has 0 atom stereocenters. The highest BCUT2D eigenvalue weighted by Crippen LogP contribution is 2.21. The van der Waals surface area contributed by atoms with Gasteiger partial charge < -0.3 is 5.32 Å². The van der Waals surface area contributed by atoms with Crippen LogP contribution in [0.4, 0.5) is 10.1 Å². The summed E-state index contributed by atoms with van der Waals surface area (Å²) in [4.78, 5) is 25.7. The molecule has 0 aliphatic carbocycles. The van der Waals surface area contributed by atoms with Gasteiger partial charge in [0, 0.05) is 34.6 Å². The number of amides is 1. The Kier molecular flexibility index (Phi) is 4.53. The van der Waals surface area contributed by atoms with Gasteiger partial charge in [0.15, 0.2) is 5.82 Å². The second-order valence-corrected chi connectivity index (χ2v) is 6.51. The number of nitrogens with zero attached hydrogens (tertiary/aromatic N) is 3. The Labute approximate surface area is 161 Å². The number of carbonyl (C=O) groups excluding carboxylic acids is 1. The molecule has 0 fully saturated rings. The first-order valence-corrected chi connectivity index (χ1v) is 8.78. The van der Waals surface area contributed by atoms with Gasteiger partial charge in [0.05, 0.1) is 16.8 Å². The number of hydrogen-bond acceptors (Lipinski definition) is 4. The van der Waals surface area contributed by atoms with Crippen molar-refractivity contribution in [3.63, 3.8) is 0 Å². The Morgan fingerprint density at radius 3 is 2.50 bits per heavy atom. The zero-order chi connectivity index (χ0) is 19.7. The number of nitrogens with one attached hydrogen (secondary N) is 1. The maximum atomic E-state index is 13.4. The summed E-state index contributed by atoms with van der Waals surface area (Å²) in [5.41, 5.74) is 3.93. The Morgan fingerprint density at radius 1 is 0.964 bits per heavy atom. The number of halogens is 1. The van der Waals surface area contributed by atoms with E-state index in [0.717, 1.165) is 11.3 Å². The average Bonchev–Trinajstić information content (AvgIpc) is 2.68. The van der Waals surface area contributed by atoms with E-state index >= 15 is 0 Å². The van der Waals surface area contributed by atoms with Crippen molar-refractivity contribution in [1.29, 1.82) is 0 Å². The fourth-order valence-corrected chi connectivity index (χ4v) is 2.96. The number of benzene rings is 2. The van der Waals surface area contributed by atoms with Crippen LogP contribution in [0.2, 0.25) is 0 Å². The maximum Gasteiger partial charge on any atom is 0.257 e. The fourth-order valence-electron chi connectivity index (χ4n) is 2.96. The molecule has 0 saturated heterocycles. The fraction of sp³-hybridized carbons (Fsp3) is 0.0909. The van der Waals surface area contributed by atoms with Crippen LogP contribution in [-0.4, -0.2) is 20.9 Å². The molecule has 1 N–H and O–H groups in total. The van der Waals surface area contributed by atoms with Crippen molar-refractivity contribution >= 4 is 22.5 Å². The van der Waals surface area contributed by atoms with Crippen LogP contribution in [0, 0.1) is 19.7 Å². The number of fused-ring (bicyclic) bond motifs is 1. The minimum Gasteiger partial charge on any atom is -0.322 e. The molecule has 2 heterocycles. The van der Waals surface area contributed by atoms with Crippen molar-refractivity contribution in [3.05, 3.63) is 83.6 Å². The van der Waals surface area contributed by atoms with Crippen molar-refractivity contribution in [2.24, 2.45) is 0 Å². The molecular formula is C22H17FN4O. The molecule has 0 saturated carbocycles. The molecule has 28 heavy (non-hydrogen) atoms. The lowest BCUT2D eigenvalue weighted by molar-refractivity contribution is 0.102. The van der Waals surface area contributed by atoms with E-state index in [4.69, 9.17) is 0 Å². The summed E-state index contributed by atoms with van der Waals surface area (Å²) < 4.78 is 13.4. The number of anilines is 1. The SMILES string of the molecule is Cc1ccnc(-c2ccc(NC(=O)c3cc4ccc(F)cc4nc3C)cc2)n1. The normalized spacial score (nSPS) is 10.8. The van der Waals surface area contributed by atoms with Gasteiger partial charge in [-0.15, -0.1) is 0 Å². The zero-order valence-corrected chi connectivity index (χ0v) is 15.4. The standard InChI is InChI=1S/C22H17FN4O/c1-13-9-10-24-21(25-13)15-4-7-18(8-5-15)27-22(28)19-11-16-3-6-17(23)12-20(16)26-14(19)2/h3-12H,1-2H3,(H,27,28). The minimum absolute atomic E-state index is 0.268. The van der Waals surface area contributed by atoms with Gasteiger partial charge in [-0.05, 0) is 62.4 Å². The molecule has 4 aromatic rings. The molecule has 6 heteroatoms. The Morgan fingerprint density at radius 2 is 1.75 bits per heavy atom. The number of rotatable bonds is 3. The van der Waals surface area contributed by atoms with Crippen molar-refractivity contribution in [2.45, 2.75) is 13.8 Å². The summed E-state index contributed by atoms with van der Waals surface area (Å²) in [5, 5.41) is 3.58. The largest absolute Gasteiger partial charge is 0.322 e. The highest BCUT2D eigenvalue weighted by Gasteiger charge is 2.13. The van der Waals surface area contributed by atoms with Crippen LogP contribution in [-0.2, 0) is 0 Å². The molecule has 0 spiro atoms. The van der Waals surface area contributed by atoms with E-state index in [1.54, 1.807) is 37.4 Å². The molecule has 0 radical (unpaired) electrons. The third-order valence-corrected chi connectivity index (χ3v) is 4.41. The maximum absolute atomic E-state index is 13.4. The molecule has 4 rings (SSSR count). The average molecular weight is 372 g/mol. The molecule has 2 aromatic heterocycles. The highest BCUT2D eigenvalue weighted by atomic mass is 19.1. The third kappa shape index (κ3) is 3.57. The van der Waals surface area contributed by atoms with E-state index in [1.165, 1.54) is 12.1 Å². The first-order chi connectivity index (χ1) is 13.5. The molecular weight excluding hydrogens is 355 g/mol. The van der Waals surface area contributed by atoms with Gasteiger partial charge in [-0.25, -0.2) is 14.4 Å². The van der Waals surface area contributed by atoms with Crippen LogP contribution in [0.15, 0.2) is 60.8 Å². The van der Waals surface area contributed by atoms with Crippen molar-refractivity contribution in [1.82, 2.24) is 15.0 Å².